The lowest BCUT2D eigenvalue weighted by Crippen LogP contribution is -2.19. The van der Waals surface area contributed by atoms with Crippen molar-refractivity contribution in [2.45, 2.75) is 27.2 Å². The third-order valence-electron chi connectivity index (χ3n) is 2.09. The second kappa shape index (κ2) is 8.77. The first-order valence-corrected chi connectivity index (χ1v) is 5.80. The van der Waals surface area contributed by atoms with Crippen LogP contribution in [-0.2, 0) is 4.79 Å². The minimum Gasteiger partial charge on any atom is -0.373 e. The summed E-state index contributed by atoms with van der Waals surface area (Å²) in [7, 11) is 2.02. The maximum absolute atomic E-state index is 10.4. The molecule has 0 atom stereocenters. The minimum atomic E-state index is 0.707. The van der Waals surface area contributed by atoms with Gasteiger partial charge in [0, 0.05) is 13.6 Å². The molecule has 0 fully saturated rings. The van der Waals surface area contributed by atoms with Crippen molar-refractivity contribution in [3.8, 4) is 0 Å². The van der Waals surface area contributed by atoms with Crippen LogP contribution in [0.1, 0.15) is 27.2 Å². The van der Waals surface area contributed by atoms with Crippen molar-refractivity contribution in [3.63, 3.8) is 0 Å². The Morgan fingerprint density at radius 1 is 1.31 bits per heavy atom. The summed E-state index contributed by atoms with van der Waals surface area (Å²) < 4.78 is 0. The van der Waals surface area contributed by atoms with Crippen molar-refractivity contribution in [1.29, 1.82) is 0 Å². The van der Waals surface area contributed by atoms with Gasteiger partial charge in [-0.05, 0) is 18.6 Å². The van der Waals surface area contributed by atoms with Crippen LogP contribution >= 0.6 is 0 Å². The number of benzene rings is 1. The number of carbonyl (C=O) groups excluding carboxylic acids is 1. The number of carbonyl (C=O) groups is 1. The van der Waals surface area contributed by atoms with Gasteiger partial charge in [-0.1, -0.05) is 32.9 Å². The van der Waals surface area contributed by atoms with E-state index in [1.165, 1.54) is 0 Å². The molecule has 3 heteroatoms. The number of para-hydroxylation sites is 2. The molecule has 0 spiro atoms. The predicted molar refractivity (Wildman–Crippen MR) is 71.0 cm³/mol. The van der Waals surface area contributed by atoms with Crippen LogP contribution in [0.4, 0.5) is 11.4 Å². The Kier molecular flexibility index (Phi) is 7.94. The number of nitrogens with zero attached hydrogens (tertiary/aromatic N) is 1. The van der Waals surface area contributed by atoms with E-state index in [0.29, 0.717) is 6.41 Å². The van der Waals surface area contributed by atoms with Crippen molar-refractivity contribution in [2.24, 2.45) is 0 Å². The molecule has 90 valence electrons. The molecule has 1 aromatic rings. The van der Waals surface area contributed by atoms with Crippen LogP contribution in [-0.4, -0.2) is 20.0 Å². The zero-order chi connectivity index (χ0) is 12.4. The van der Waals surface area contributed by atoms with E-state index in [4.69, 9.17) is 0 Å². The number of hydrogen-bond donors (Lipinski definition) is 1. The van der Waals surface area contributed by atoms with Crippen molar-refractivity contribution < 1.29 is 4.79 Å². The lowest BCUT2D eigenvalue weighted by atomic mass is 10.2. The van der Waals surface area contributed by atoms with Crippen molar-refractivity contribution in [1.82, 2.24) is 0 Å². The number of anilines is 2. The Bertz CT molecular complexity index is 300. The molecule has 0 aliphatic rings. The Hall–Kier alpha value is -1.51. The first-order valence-electron chi connectivity index (χ1n) is 5.80. The molecule has 0 bridgehead atoms. The second-order valence-electron chi connectivity index (χ2n) is 3.20. The van der Waals surface area contributed by atoms with Gasteiger partial charge in [0.2, 0.25) is 6.41 Å². The van der Waals surface area contributed by atoms with Crippen molar-refractivity contribution in [3.05, 3.63) is 24.3 Å². The topological polar surface area (TPSA) is 32.3 Å². The van der Waals surface area contributed by atoms with Gasteiger partial charge in [0.25, 0.3) is 0 Å². The fourth-order valence-corrected chi connectivity index (χ4v) is 1.45. The number of hydrogen-bond acceptors (Lipinski definition) is 2. The van der Waals surface area contributed by atoms with Gasteiger partial charge in [0.15, 0.2) is 0 Å². The lowest BCUT2D eigenvalue weighted by Gasteiger charge is -2.21. The highest BCUT2D eigenvalue weighted by Crippen LogP contribution is 2.23. The molecule has 0 aliphatic heterocycles. The molecule has 1 N–H and O–H groups in total. The highest BCUT2D eigenvalue weighted by Gasteiger charge is 2.04. The van der Waals surface area contributed by atoms with Gasteiger partial charge in [-0.2, -0.15) is 0 Å². The predicted octanol–water partition coefficient (Wildman–Crippen LogP) is 3.13. The molecule has 0 unspecified atom stereocenters. The third-order valence-corrected chi connectivity index (χ3v) is 2.09. The third kappa shape index (κ3) is 4.34. The van der Waals surface area contributed by atoms with E-state index >= 15 is 0 Å². The fraction of sp³-hybridized carbons (Fsp3) is 0.462. The van der Waals surface area contributed by atoms with Crippen LogP contribution in [0.15, 0.2) is 24.3 Å². The maximum Gasteiger partial charge on any atom is 0.211 e. The molecule has 0 heterocycles. The largest absolute Gasteiger partial charge is 0.373 e. The van der Waals surface area contributed by atoms with Crippen molar-refractivity contribution >= 4 is 17.8 Å². The monoisotopic (exact) mass is 222 g/mol. The highest BCUT2D eigenvalue weighted by atomic mass is 16.1. The van der Waals surface area contributed by atoms with E-state index in [1.807, 2.05) is 45.2 Å². The summed E-state index contributed by atoms with van der Waals surface area (Å²) in [6.45, 7) is 7.11. The van der Waals surface area contributed by atoms with Gasteiger partial charge in [-0.3, -0.25) is 4.79 Å². The lowest BCUT2D eigenvalue weighted by molar-refractivity contribution is -0.105. The molecule has 1 rings (SSSR count). The molecule has 16 heavy (non-hydrogen) atoms. The number of amides is 1. The summed E-state index contributed by atoms with van der Waals surface area (Å²) in [5.41, 5.74) is 1.92. The SMILES string of the molecule is CC.CCCN(C)c1ccccc1NC=O. The first kappa shape index (κ1) is 14.5. The van der Waals surface area contributed by atoms with Crippen LogP contribution < -0.4 is 10.2 Å². The zero-order valence-electron chi connectivity index (χ0n) is 10.7. The molecule has 0 aliphatic carbocycles. The summed E-state index contributed by atoms with van der Waals surface area (Å²) in [6.07, 6.45) is 1.80. The minimum absolute atomic E-state index is 0.707. The van der Waals surface area contributed by atoms with E-state index in [9.17, 15) is 4.79 Å². The molecular formula is C13H22N2O. The van der Waals surface area contributed by atoms with Gasteiger partial charge < -0.3 is 10.2 Å². The van der Waals surface area contributed by atoms with Gasteiger partial charge in [0.05, 0.1) is 11.4 Å². The van der Waals surface area contributed by atoms with E-state index < -0.39 is 0 Å². The van der Waals surface area contributed by atoms with Gasteiger partial charge in [-0.15, -0.1) is 0 Å². The summed E-state index contributed by atoms with van der Waals surface area (Å²) >= 11 is 0. The Balaban J connectivity index is 0.00000106. The molecule has 0 saturated carbocycles. The average Bonchev–Trinajstić information content (AvgIpc) is 2.33. The van der Waals surface area contributed by atoms with E-state index in [0.717, 1.165) is 24.3 Å². The van der Waals surface area contributed by atoms with Gasteiger partial charge in [0.1, 0.15) is 0 Å². The summed E-state index contributed by atoms with van der Waals surface area (Å²) in [5.74, 6) is 0. The second-order valence-corrected chi connectivity index (χ2v) is 3.20. The summed E-state index contributed by atoms with van der Waals surface area (Å²) in [4.78, 5) is 12.5. The molecule has 0 radical (unpaired) electrons. The van der Waals surface area contributed by atoms with Crippen LogP contribution in [0.2, 0.25) is 0 Å². The molecular weight excluding hydrogens is 200 g/mol. The van der Waals surface area contributed by atoms with Crippen LogP contribution in [0, 0.1) is 0 Å². The van der Waals surface area contributed by atoms with E-state index in [2.05, 4.69) is 17.1 Å². The van der Waals surface area contributed by atoms with Crippen LogP contribution in [0.5, 0.6) is 0 Å². The Morgan fingerprint density at radius 2 is 1.94 bits per heavy atom. The molecule has 1 amide bonds. The van der Waals surface area contributed by atoms with Gasteiger partial charge in [-0.25, -0.2) is 0 Å². The molecule has 0 saturated heterocycles. The number of nitrogens with one attached hydrogen (secondary N) is 1. The quantitative estimate of drug-likeness (QED) is 0.776. The summed E-state index contributed by atoms with van der Waals surface area (Å²) in [5, 5.41) is 2.69. The maximum atomic E-state index is 10.4. The Labute approximate surface area is 98.5 Å². The molecule has 0 aromatic heterocycles. The molecule has 3 nitrogen and oxygen atoms in total. The normalized spacial score (nSPS) is 8.75. The van der Waals surface area contributed by atoms with E-state index in [1.54, 1.807) is 0 Å². The highest BCUT2D eigenvalue weighted by molar-refractivity contribution is 5.81. The van der Waals surface area contributed by atoms with Gasteiger partial charge >= 0.3 is 0 Å². The number of rotatable bonds is 5. The van der Waals surface area contributed by atoms with Crippen LogP contribution in [0.3, 0.4) is 0 Å². The standard InChI is InChI=1S/C11H16N2O.C2H6/c1-3-8-13(2)11-7-5-4-6-10(11)12-9-14;1-2/h4-7,9H,3,8H2,1-2H3,(H,12,14);1-2H3. The molecule has 1 aromatic carbocycles. The van der Waals surface area contributed by atoms with E-state index in [-0.39, 0.29) is 0 Å². The van der Waals surface area contributed by atoms with Crippen LogP contribution in [0.25, 0.3) is 0 Å². The first-order chi connectivity index (χ1) is 7.79. The van der Waals surface area contributed by atoms with Crippen molar-refractivity contribution in [2.75, 3.05) is 23.8 Å². The fourth-order valence-electron chi connectivity index (χ4n) is 1.45. The summed E-state index contributed by atoms with van der Waals surface area (Å²) in [6, 6.07) is 7.78. The zero-order valence-corrected chi connectivity index (χ0v) is 10.7. The smallest absolute Gasteiger partial charge is 0.211 e. The Morgan fingerprint density at radius 3 is 2.50 bits per heavy atom. The average molecular weight is 222 g/mol.